The minimum absolute atomic E-state index is 0.0437. The summed E-state index contributed by atoms with van der Waals surface area (Å²) in [6, 6.07) is 11.4. The van der Waals surface area contributed by atoms with E-state index in [4.69, 9.17) is 17.6 Å². The number of carbonyl (C=O) groups excluding carboxylic acids is 2. The molecule has 0 atom stereocenters. The topological polar surface area (TPSA) is 46.6 Å². The molecule has 1 aliphatic heterocycles. The molecule has 0 bridgehead atoms. The Morgan fingerprint density at radius 1 is 1.12 bits per heavy atom. The van der Waals surface area contributed by atoms with Crippen molar-refractivity contribution in [1.82, 2.24) is 4.90 Å². The van der Waals surface area contributed by atoms with E-state index in [0.29, 0.717) is 16.2 Å². The predicted molar refractivity (Wildman–Crippen MR) is 99.8 cm³/mol. The summed E-state index contributed by atoms with van der Waals surface area (Å²) < 4.78 is 5.61. The molecule has 0 unspecified atom stereocenters. The molecule has 0 radical (unpaired) electrons. The summed E-state index contributed by atoms with van der Waals surface area (Å²) in [4.78, 5) is 25.7. The van der Waals surface area contributed by atoms with Crippen LogP contribution >= 0.6 is 11.8 Å². The standard InChI is InChI=1S/C20H13NO3S/c1-3-11-21-19(22)18(25-20(21)23)13-16-15-8-6-5-7-14(15)9-10-17(16)24-12-4-2/h1-2,5-10,13H,11-12H2/b18-13-. The van der Waals surface area contributed by atoms with E-state index in [1.807, 2.05) is 30.3 Å². The van der Waals surface area contributed by atoms with E-state index in [9.17, 15) is 9.59 Å². The summed E-state index contributed by atoms with van der Waals surface area (Å²) >= 11 is 0.865. The van der Waals surface area contributed by atoms with Gasteiger partial charge >= 0.3 is 0 Å². The molecule has 3 rings (SSSR count). The fraction of sp³-hybridized carbons (Fsp3) is 0.100. The molecule has 25 heavy (non-hydrogen) atoms. The zero-order valence-corrected chi connectivity index (χ0v) is 14.0. The lowest BCUT2D eigenvalue weighted by Gasteiger charge is -2.11. The van der Waals surface area contributed by atoms with Gasteiger partial charge in [0.25, 0.3) is 11.1 Å². The van der Waals surface area contributed by atoms with Crippen molar-refractivity contribution >= 4 is 39.8 Å². The number of rotatable bonds is 4. The Kier molecular flexibility index (Phi) is 4.79. The smallest absolute Gasteiger partial charge is 0.294 e. The first-order valence-corrected chi connectivity index (χ1v) is 8.24. The zero-order chi connectivity index (χ0) is 17.8. The minimum Gasteiger partial charge on any atom is -0.480 e. The van der Waals surface area contributed by atoms with Gasteiger partial charge in [-0.25, -0.2) is 0 Å². The van der Waals surface area contributed by atoms with E-state index >= 15 is 0 Å². The van der Waals surface area contributed by atoms with Crippen LogP contribution in [-0.4, -0.2) is 29.2 Å². The zero-order valence-electron chi connectivity index (χ0n) is 13.2. The third-order valence-electron chi connectivity index (χ3n) is 3.64. The molecule has 2 aromatic carbocycles. The number of fused-ring (bicyclic) bond motifs is 1. The Morgan fingerprint density at radius 2 is 1.92 bits per heavy atom. The predicted octanol–water partition coefficient (Wildman–Crippen LogP) is 3.52. The maximum atomic E-state index is 12.4. The molecule has 0 aliphatic carbocycles. The van der Waals surface area contributed by atoms with E-state index in [0.717, 1.165) is 27.4 Å². The number of carbonyl (C=O) groups is 2. The van der Waals surface area contributed by atoms with Gasteiger partial charge in [-0.15, -0.1) is 12.8 Å². The van der Waals surface area contributed by atoms with Crippen molar-refractivity contribution in [3.63, 3.8) is 0 Å². The van der Waals surface area contributed by atoms with Crippen molar-refractivity contribution in [3.05, 3.63) is 46.9 Å². The normalized spacial score (nSPS) is 15.4. The highest BCUT2D eigenvalue weighted by atomic mass is 32.2. The van der Waals surface area contributed by atoms with Gasteiger partial charge in [0.2, 0.25) is 0 Å². The quantitative estimate of drug-likeness (QED) is 0.627. The lowest BCUT2D eigenvalue weighted by atomic mass is 10.0. The van der Waals surface area contributed by atoms with Crippen molar-refractivity contribution in [2.24, 2.45) is 0 Å². The summed E-state index contributed by atoms with van der Waals surface area (Å²) in [6.07, 6.45) is 12.2. The van der Waals surface area contributed by atoms with Crippen LogP contribution in [0.4, 0.5) is 4.79 Å². The Morgan fingerprint density at radius 3 is 2.68 bits per heavy atom. The average Bonchev–Trinajstić information content (AvgIpc) is 2.89. The van der Waals surface area contributed by atoms with Gasteiger partial charge in [-0.05, 0) is 34.7 Å². The van der Waals surface area contributed by atoms with Crippen LogP contribution in [-0.2, 0) is 4.79 Å². The van der Waals surface area contributed by atoms with Crippen molar-refractivity contribution < 1.29 is 14.3 Å². The number of benzene rings is 2. The van der Waals surface area contributed by atoms with Crippen molar-refractivity contribution in [1.29, 1.82) is 0 Å². The van der Waals surface area contributed by atoms with Crippen LogP contribution in [0.15, 0.2) is 41.3 Å². The molecule has 1 aliphatic rings. The molecule has 0 saturated carbocycles. The molecule has 0 aromatic heterocycles. The number of nitrogens with zero attached hydrogens (tertiary/aromatic N) is 1. The lowest BCUT2D eigenvalue weighted by molar-refractivity contribution is -0.122. The van der Waals surface area contributed by atoms with Crippen LogP contribution < -0.4 is 4.74 Å². The van der Waals surface area contributed by atoms with Crippen LogP contribution in [0.2, 0.25) is 0 Å². The molecular formula is C20H13NO3S. The highest BCUT2D eigenvalue weighted by Crippen LogP contribution is 2.36. The molecule has 2 aromatic rings. The highest BCUT2D eigenvalue weighted by molar-refractivity contribution is 8.18. The summed E-state index contributed by atoms with van der Waals surface area (Å²) in [5, 5.41) is 1.52. The Hall–Kier alpha value is -3.15. The number of hydrogen-bond acceptors (Lipinski definition) is 4. The first kappa shape index (κ1) is 16.7. The average molecular weight is 347 g/mol. The first-order valence-electron chi connectivity index (χ1n) is 7.42. The molecule has 4 nitrogen and oxygen atoms in total. The minimum atomic E-state index is -0.399. The highest BCUT2D eigenvalue weighted by Gasteiger charge is 2.34. The van der Waals surface area contributed by atoms with Crippen LogP contribution in [0.25, 0.3) is 16.8 Å². The number of ether oxygens (including phenoxy) is 1. The molecule has 0 spiro atoms. The van der Waals surface area contributed by atoms with Gasteiger partial charge < -0.3 is 4.74 Å². The summed E-state index contributed by atoms with van der Waals surface area (Å²) in [5.41, 5.74) is 0.708. The van der Waals surface area contributed by atoms with E-state index in [-0.39, 0.29) is 18.4 Å². The van der Waals surface area contributed by atoms with Crippen LogP contribution in [0, 0.1) is 24.7 Å². The van der Waals surface area contributed by atoms with Gasteiger partial charge in [-0.2, -0.15) is 0 Å². The monoisotopic (exact) mass is 347 g/mol. The van der Waals surface area contributed by atoms with Crippen molar-refractivity contribution in [2.75, 3.05) is 13.2 Å². The largest absolute Gasteiger partial charge is 0.480 e. The SMILES string of the molecule is C#CCOc1ccc2ccccc2c1/C=C1\SC(=O)N(CC#C)C1=O. The summed E-state index contributed by atoms with van der Waals surface area (Å²) in [7, 11) is 0. The van der Waals surface area contributed by atoms with Gasteiger partial charge in [-0.1, -0.05) is 42.2 Å². The van der Waals surface area contributed by atoms with E-state index in [1.165, 1.54) is 0 Å². The lowest BCUT2D eigenvalue weighted by Crippen LogP contribution is -2.28. The van der Waals surface area contributed by atoms with Crippen LogP contribution in [0.5, 0.6) is 5.75 Å². The second-order valence-electron chi connectivity index (χ2n) is 5.16. The molecule has 1 fully saturated rings. The molecule has 0 N–H and O–H groups in total. The van der Waals surface area contributed by atoms with Crippen molar-refractivity contribution in [3.8, 4) is 30.4 Å². The van der Waals surface area contributed by atoms with Gasteiger partial charge in [0.15, 0.2) is 0 Å². The maximum absolute atomic E-state index is 12.4. The molecule has 2 amide bonds. The Bertz CT molecular complexity index is 979. The number of terminal acetylenes is 2. The fourth-order valence-corrected chi connectivity index (χ4v) is 3.35. The molecule has 1 heterocycles. The second-order valence-corrected chi connectivity index (χ2v) is 6.16. The Labute approximate surface area is 149 Å². The molecule has 122 valence electrons. The third-order valence-corrected chi connectivity index (χ3v) is 4.55. The van der Waals surface area contributed by atoms with Gasteiger partial charge in [-0.3, -0.25) is 14.5 Å². The Balaban J connectivity index is 2.11. The summed E-state index contributed by atoms with van der Waals surface area (Å²) in [5.74, 6) is 4.90. The number of imide groups is 1. The van der Waals surface area contributed by atoms with Gasteiger partial charge in [0, 0.05) is 5.56 Å². The number of hydrogen-bond donors (Lipinski definition) is 0. The number of thioether (sulfide) groups is 1. The number of amides is 2. The first-order chi connectivity index (χ1) is 12.2. The summed E-state index contributed by atoms with van der Waals surface area (Å²) in [6.45, 7) is 0.0652. The van der Waals surface area contributed by atoms with Crippen LogP contribution in [0.3, 0.4) is 0 Å². The molecular weight excluding hydrogens is 334 g/mol. The van der Waals surface area contributed by atoms with Gasteiger partial charge in [0.05, 0.1) is 11.4 Å². The van der Waals surface area contributed by atoms with E-state index in [1.54, 1.807) is 12.1 Å². The van der Waals surface area contributed by atoms with Crippen molar-refractivity contribution in [2.45, 2.75) is 0 Å². The van der Waals surface area contributed by atoms with E-state index < -0.39 is 5.91 Å². The van der Waals surface area contributed by atoms with Crippen LogP contribution in [0.1, 0.15) is 5.56 Å². The van der Waals surface area contributed by atoms with E-state index in [2.05, 4.69) is 11.8 Å². The maximum Gasteiger partial charge on any atom is 0.294 e. The second kappa shape index (κ2) is 7.17. The molecule has 1 saturated heterocycles. The molecule has 5 heteroatoms. The van der Waals surface area contributed by atoms with Gasteiger partial charge in [0.1, 0.15) is 12.4 Å². The third kappa shape index (κ3) is 3.24. The fourth-order valence-electron chi connectivity index (χ4n) is 2.53.